The van der Waals surface area contributed by atoms with Crippen molar-refractivity contribution in [3.63, 3.8) is 0 Å². The van der Waals surface area contributed by atoms with Crippen molar-refractivity contribution in [3.05, 3.63) is 35.9 Å². The Morgan fingerprint density at radius 2 is 2.00 bits per heavy atom. The van der Waals surface area contributed by atoms with E-state index in [2.05, 4.69) is 12.1 Å². The summed E-state index contributed by atoms with van der Waals surface area (Å²) in [6.45, 7) is 2.61. The lowest BCUT2D eigenvalue weighted by Gasteiger charge is -2.25. The summed E-state index contributed by atoms with van der Waals surface area (Å²) >= 11 is 12.3. The van der Waals surface area contributed by atoms with Crippen LogP contribution in [0.2, 0.25) is 0 Å². The maximum absolute atomic E-state index is 11.8. The van der Waals surface area contributed by atoms with E-state index in [0.29, 0.717) is 13.0 Å². The largest absolute Gasteiger partial charge is 0.374 e. The molecule has 0 radical (unpaired) electrons. The van der Waals surface area contributed by atoms with E-state index in [-0.39, 0.29) is 17.8 Å². The standard InChI is InChI=1S/C16H20Cl2O2/c1-2-13-11-14(19)16(17,18)15(13)20-10-6-9-12-7-4-3-5-8-12/h3-5,7-8,13,15H,2,6,9-11H2,1H3/t13-,15-/m0/s1. The van der Waals surface area contributed by atoms with Crippen molar-refractivity contribution >= 4 is 29.0 Å². The quantitative estimate of drug-likeness (QED) is 0.581. The first kappa shape index (κ1) is 15.8. The number of Topliss-reactive ketones (excluding diaryl/α,β-unsaturated/α-hetero) is 1. The third-order valence-corrected chi connectivity index (χ3v) is 4.73. The van der Waals surface area contributed by atoms with Gasteiger partial charge in [-0.1, -0.05) is 66.9 Å². The zero-order chi connectivity index (χ0) is 14.6. The van der Waals surface area contributed by atoms with Gasteiger partial charge in [0.15, 0.2) is 5.78 Å². The Morgan fingerprint density at radius 1 is 1.30 bits per heavy atom. The van der Waals surface area contributed by atoms with E-state index in [1.807, 2.05) is 25.1 Å². The molecule has 1 fully saturated rings. The Morgan fingerprint density at radius 3 is 2.65 bits per heavy atom. The van der Waals surface area contributed by atoms with Gasteiger partial charge in [0.05, 0.1) is 0 Å². The molecule has 0 amide bonds. The van der Waals surface area contributed by atoms with Gasteiger partial charge in [0, 0.05) is 13.0 Å². The number of benzene rings is 1. The van der Waals surface area contributed by atoms with Crippen molar-refractivity contribution in [2.24, 2.45) is 5.92 Å². The molecule has 0 aliphatic heterocycles. The predicted octanol–water partition coefficient (Wildman–Crippen LogP) is 4.18. The van der Waals surface area contributed by atoms with E-state index in [1.165, 1.54) is 5.56 Å². The van der Waals surface area contributed by atoms with Gasteiger partial charge >= 0.3 is 0 Å². The molecule has 1 saturated carbocycles. The Bertz CT molecular complexity index is 445. The molecule has 2 rings (SSSR count). The van der Waals surface area contributed by atoms with Crippen LogP contribution in [0.25, 0.3) is 0 Å². The average Bonchev–Trinajstić information content (AvgIpc) is 2.67. The van der Waals surface area contributed by atoms with Crippen LogP contribution in [0.4, 0.5) is 0 Å². The summed E-state index contributed by atoms with van der Waals surface area (Å²) in [6, 6.07) is 10.3. The van der Waals surface area contributed by atoms with Gasteiger partial charge in [-0.15, -0.1) is 0 Å². The van der Waals surface area contributed by atoms with Crippen LogP contribution in [-0.2, 0) is 16.0 Å². The van der Waals surface area contributed by atoms with Gasteiger partial charge in [0.1, 0.15) is 6.10 Å². The van der Waals surface area contributed by atoms with Gasteiger partial charge in [-0.25, -0.2) is 0 Å². The number of hydrogen-bond acceptors (Lipinski definition) is 2. The Balaban J connectivity index is 1.82. The summed E-state index contributed by atoms with van der Waals surface area (Å²) in [4.78, 5) is 11.8. The average molecular weight is 315 g/mol. The summed E-state index contributed by atoms with van der Waals surface area (Å²) in [5.74, 6) is 0.0231. The molecule has 0 heterocycles. The van der Waals surface area contributed by atoms with Gasteiger partial charge in [-0.05, 0) is 24.3 Å². The first-order valence-electron chi connectivity index (χ1n) is 7.12. The molecular weight excluding hydrogens is 295 g/mol. The third kappa shape index (κ3) is 3.55. The number of hydrogen-bond donors (Lipinski definition) is 0. The summed E-state index contributed by atoms with van der Waals surface area (Å²) in [5.41, 5.74) is 1.29. The number of alkyl halides is 2. The number of rotatable bonds is 6. The third-order valence-electron chi connectivity index (χ3n) is 3.88. The van der Waals surface area contributed by atoms with Crippen molar-refractivity contribution in [3.8, 4) is 0 Å². The van der Waals surface area contributed by atoms with Gasteiger partial charge in [0.2, 0.25) is 4.33 Å². The van der Waals surface area contributed by atoms with Crippen LogP contribution in [0.1, 0.15) is 31.7 Å². The van der Waals surface area contributed by atoms with Crippen LogP contribution in [-0.4, -0.2) is 22.8 Å². The molecular formula is C16H20Cl2O2. The first-order valence-corrected chi connectivity index (χ1v) is 7.88. The molecule has 4 heteroatoms. The Kier molecular flexibility index (Phi) is 5.48. The van der Waals surface area contributed by atoms with E-state index in [1.54, 1.807) is 0 Å². The van der Waals surface area contributed by atoms with E-state index >= 15 is 0 Å². The van der Waals surface area contributed by atoms with Crippen molar-refractivity contribution in [1.29, 1.82) is 0 Å². The summed E-state index contributed by atoms with van der Waals surface area (Å²) in [6.07, 6.45) is 2.76. The molecule has 0 spiro atoms. The highest BCUT2D eigenvalue weighted by atomic mass is 35.5. The molecule has 0 bridgehead atoms. The molecule has 1 aromatic carbocycles. The van der Waals surface area contributed by atoms with Crippen LogP contribution in [0.15, 0.2) is 30.3 Å². The van der Waals surface area contributed by atoms with Crippen LogP contribution in [0, 0.1) is 5.92 Å². The molecule has 2 nitrogen and oxygen atoms in total. The zero-order valence-corrected chi connectivity index (χ0v) is 13.2. The molecule has 0 unspecified atom stereocenters. The van der Waals surface area contributed by atoms with E-state index in [0.717, 1.165) is 19.3 Å². The van der Waals surface area contributed by atoms with E-state index in [4.69, 9.17) is 27.9 Å². The summed E-state index contributed by atoms with van der Waals surface area (Å²) in [5, 5.41) is 0. The number of carbonyl (C=O) groups is 1. The number of carbonyl (C=O) groups excluding carboxylic acids is 1. The van der Waals surface area contributed by atoms with Gasteiger partial charge in [0.25, 0.3) is 0 Å². The van der Waals surface area contributed by atoms with Gasteiger partial charge in [-0.3, -0.25) is 4.79 Å². The molecule has 110 valence electrons. The second kappa shape index (κ2) is 6.93. The van der Waals surface area contributed by atoms with Crippen molar-refractivity contribution < 1.29 is 9.53 Å². The Labute approximate surface area is 130 Å². The minimum atomic E-state index is -1.37. The fourth-order valence-electron chi connectivity index (χ4n) is 2.67. The number of ether oxygens (including phenoxy) is 1. The Hall–Kier alpha value is -0.570. The SMILES string of the molecule is CC[C@H]1CC(=O)C(Cl)(Cl)[C@H]1OCCCc1ccccc1. The van der Waals surface area contributed by atoms with Gasteiger partial charge in [-0.2, -0.15) is 0 Å². The first-order chi connectivity index (χ1) is 9.55. The number of halogens is 2. The highest BCUT2D eigenvalue weighted by Gasteiger charge is 2.53. The van der Waals surface area contributed by atoms with Crippen LogP contribution in [0.3, 0.4) is 0 Å². The van der Waals surface area contributed by atoms with Crippen LogP contribution < -0.4 is 0 Å². The van der Waals surface area contributed by atoms with Crippen LogP contribution >= 0.6 is 23.2 Å². The maximum Gasteiger partial charge on any atom is 0.201 e. The highest BCUT2D eigenvalue weighted by Crippen LogP contribution is 2.43. The molecule has 2 atom stereocenters. The molecule has 1 aliphatic carbocycles. The zero-order valence-electron chi connectivity index (χ0n) is 11.6. The number of ketones is 1. The fraction of sp³-hybridized carbons (Fsp3) is 0.562. The predicted molar refractivity (Wildman–Crippen MR) is 82.3 cm³/mol. The minimum Gasteiger partial charge on any atom is -0.374 e. The van der Waals surface area contributed by atoms with Crippen molar-refractivity contribution in [1.82, 2.24) is 0 Å². The second-order valence-electron chi connectivity index (χ2n) is 5.30. The topological polar surface area (TPSA) is 26.3 Å². The fourth-order valence-corrected chi connectivity index (χ4v) is 3.30. The molecule has 0 N–H and O–H groups in total. The molecule has 1 aromatic rings. The lowest BCUT2D eigenvalue weighted by molar-refractivity contribution is -0.118. The maximum atomic E-state index is 11.8. The van der Waals surface area contributed by atoms with Gasteiger partial charge < -0.3 is 4.74 Å². The lowest BCUT2D eigenvalue weighted by Crippen LogP contribution is -2.36. The molecule has 20 heavy (non-hydrogen) atoms. The summed E-state index contributed by atoms with van der Waals surface area (Å²) < 4.78 is 4.46. The molecule has 0 aromatic heterocycles. The van der Waals surface area contributed by atoms with E-state index in [9.17, 15) is 4.79 Å². The normalized spacial score (nSPS) is 25.1. The number of aryl methyl sites for hydroxylation is 1. The van der Waals surface area contributed by atoms with Crippen molar-refractivity contribution in [2.75, 3.05) is 6.61 Å². The summed E-state index contributed by atoms with van der Waals surface area (Å²) in [7, 11) is 0. The molecule has 0 saturated heterocycles. The smallest absolute Gasteiger partial charge is 0.201 e. The highest BCUT2D eigenvalue weighted by molar-refractivity contribution is 6.59. The monoisotopic (exact) mass is 314 g/mol. The second-order valence-corrected chi connectivity index (χ2v) is 6.68. The van der Waals surface area contributed by atoms with Crippen LogP contribution in [0.5, 0.6) is 0 Å². The van der Waals surface area contributed by atoms with Crippen molar-refractivity contribution in [2.45, 2.75) is 43.0 Å². The van der Waals surface area contributed by atoms with E-state index < -0.39 is 4.33 Å². The minimum absolute atomic E-state index is 0.110. The lowest BCUT2D eigenvalue weighted by atomic mass is 10.0. The molecule has 1 aliphatic rings.